The topological polar surface area (TPSA) is 8.17 Å². The van der Waals surface area contributed by atoms with E-state index in [1.165, 1.54) is 14.5 Å². The first-order valence-corrected chi connectivity index (χ1v) is 6.14. The van der Waals surface area contributed by atoms with Crippen LogP contribution >= 0.6 is 22.6 Å². The Morgan fingerprint density at radius 2 is 2.07 bits per heavy atom. The fourth-order valence-electron chi connectivity index (χ4n) is 1.67. The number of fused-ring (bicyclic) bond motifs is 1. The van der Waals surface area contributed by atoms with Crippen LogP contribution in [0.4, 0.5) is 0 Å². The molecule has 0 fully saturated rings. The van der Waals surface area contributed by atoms with Crippen molar-refractivity contribution in [2.75, 3.05) is 20.6 Å². The van der Waals surface area contributed by atoms with Crippen LogP contribution in [0.5, 0.6) is 0 Å². The molecule has 0 aliphatic rings. The first kappa shape index (κ1) is 11.0. The summed E-state index contributed by atoms with van der Waals surface area (Å²) in [6, 6.07) is 8.77. The van der Waals surface area contributed by atoms with Gasteiger partial charge in [-0.05, 0) is 61.0 Å². The molecule has 80 valence electrons. The van der Waals surface area contributed by atoms with Crippen molar-refractivity contribution in [1.29, 1.82) is 0 Å². The Bertz CT molecular complexity index is 460. The average molecular weight is 314 g/mol. The van der Waals surface area contributed by atoms with Crippen molar-refractivity contribution < 1.29 is 0 Å². The van der Waals surface area contributed by atoms with Gasteiger partial charge >= 0.3 is 0 Å². The Morgan fingerprint density at radius 1 is 1.27 bits per heavy atom. The molecule has 2 rings (SSSR count). The molecule has 0 spiro atoms. The lowest BCUT2D eigenvalue weighted by molar-refractivity contribution is 0.387. The van der Waals surface area contributed by atoms with E-state index in [2.05, 4.69) is 76.6 Å². The number of likely N-dealkylation sites (N-methyl/N-ethyl adjacent to an activating group) is 1. The average Bonchev–Trinajstić information content (AvgIpc) is 2.57. The quantitative estimate of drug-likeness (QED) is 0.791. The summed E-state index contributed by atoms with van der Waals surface area (Å²) in [4.78, 5) is 2.21. The Morgan fingerprint density at radius 3 is 2.80 bits per heavy atom. The van der Waals surface area contributed by atoms with Gasteiger partial charge in [-0.2, -0.15) is 0 Å². The molecule has 0 saturated carbocycles. The van der Waals surface area contributed by atoms with Crippen molar-refractivity contribution in [2.24, 2.45) is 0 Å². The van der Waals surface area contributed by atoms with Crippen LogP contribution in [0.25, 0.3) is 10.9 Å². The van der Waals surface area contributed by atoms with Gasteiger partial charge in [0.1, 0.15) is 0 Å². The fraction of sp³-hybridized carbons (Fsp3) is 0.333. The van der Waals surface area contributed by atoms with Gasteiger partial charge in [-0.3, -0.25) is 0 Å². The van der Waals surface area contributed by atoms with E-state index >= 15 is 0 Å². The van der Waals surface area contributed by atoms with Crippen molar-refractivity contribution >= 4 is 33.5 Å². The van der Waals surface area contributed by atoms with E-state index in [0.29, 0.717) is 0 Å². The van der Waals surface area contributed by atoms with E-state index in [4.69, 9.17) is 0 Å². The summed E-state index contributed by atoms with van der Waals surface area (Å²) in [5.74, 6) is 0. The van der Waals surface area contributed by atoms with Crippen LogP contribution in [0.2, 0.25) is 0 Å². The zero-order valence-corrected chi connectivity index (χ0v) is 11.2. The highest BCUT2D eigenvalue weighted by molar-refractivity contribution is 14.1. The number of aromatic nitrogens is 1. The molecule has 0 amide bonds. The molecule has 1 aromatic heterocycles. The van der Waals surface area contributed by atoms with E-state index in [9.17, 15) is 0 Å². The summed E-state index contributed by atoms with van der Waals surface area (Å²) < 4.78 is 3.61. The van der Waals surface area contributed by atoms with Crippen LogP contribution in [0.15, 0.2) is 30.5 Å². The minimum absolute atomic E-state index is 1.05. The highest BCUT2D eigenvalue weighted by Gasteiger charge is 2.01. The molecule has 0 N–H and O–H groups in total. The second-order valence-electron chi connectivity index (χ2n) is 4.02. The monoisotopic (exact) mass is 314 g/mol. The molecule has 1 aromatic carbocycles. The molecule has 0 unspecified atom stereocenters. The smallest absolute Gasteiger partial charge is 0.0481 e. The Kier molecular flexibility index (Phi) is 3.31. The van der Waals surface area contributed by atoms with Gasteiger partial charge in [0.2, 0.25) is 0 Å². The first-order valence-electron chi connectivity index (χ1n) is 5.06. The minimum Gasteiger partial charge on any atom is -0.346 e. The summed E-state index contributed by atoms with van der Waals surface area (Å²) in [5, 5.41) is 1.33. The predicted molar refractivity (Wildman–Crippen MR) is 73.2 cm³/mol. The minimum atomic E-state index is 1.05. The van der Waals surface area contributed by atoms with E-state index < -0.39 is 0 Å². The van der Waals surface area contributed by atoms with E-state index in [0.717, 1.165) is 13.1 Å². The SMILES string of the molecule is CN(C)CCn1ccc2cc(I)ccc21. The van der Waals surface area contributed by atoms with Gasteiger partial charge in [0, 0.05) is 33.8 Å². The number of hydrogen-bond acceptors (Lipinski definition) is 1. The van der Waals surface area contributed by atoms with Crippen molar-refractivity contribution in [1.82, 2.24) is 9.47 Å². The maximum atomic E-state index is 2.35. The van der Waals surface area contributed by atoms with Gasteiger partial charge < -0.3 is 9.47 Å². The Labute approximate surface area is 104 Å². The molecule has 0 saturated heterocycles. The second-order valence-corrected chi connectivity index (χ2v) is 5.26. The summed E-state index contributed by atoms with van der Waals surface area (Å²) in [7, 11) is 4.21. The van der Waals surface area contributed by atoms with Crippen molar-refractivity contribution in [3.63, 3.8) is 0 Å². The van der Waals surface area contributed by atoms with Crippen LogP contribution in [0, 0.1) is 3.57 Å². The molecular weight excluding hydrogens is 299 g/mol. The van der Waals surface area contributed by atoms with Gasteiger partial charge in [0.05, 0.1) is 0 Å². The predicted octanol–water partition coefficient (Wildman–Crippen LogP) is 2.81. The summed E-state index contributed by atoms with van der Waals surface area (Å²) in [6.07, 6.45) is 2.17. The standard InChI is InChI=1S/C12H15IN2/c1-14(2)7-8-15-6-5-10-9-11(13)3-4-12(10)15/h3-6,9H,7-8H2,1-2H3. The number of rotatable bonds is 3. The van der Waals surface area contributed by atoms with Crippen molar-refractivity contribution in [3.05, 3.63) is 34.0 Å². The van der Waals surface area contributed by atoms with Crippen LogP contribution in [0.1, 0.15) is 0 Å². The van der Waals surface area contributed by atoms with E-state index in [1.807, 2.05) is 0 Å². The lowest BCUT2D eigenvalue weighted by Gasteiger charge is -2.11. The summed E-state index contributed by atoms with van der Waals surface area (Å²) >= 11 is 2.35. The van der Waals surface area contributed by atoms with Crippen molar-refractivity contribution in [3.8, 4) is 0 Å². The molecule has 3 heteroatoms. The molecule has 15 heavy (non-hydrogen) atoms. The zero-order chi connectivity index (χ0) is 10.8. The maximum absolute atomic E-state index is 2.35. The lowest BCUT2D eigenvalue weighted by Crippen LogP contribution is -2.17. The lowest BCUT2D eigenvalue weighted by atomic mass is 10.2. The third kappa shape index (κ3) is 2.52. The number of nitrogens with zero attached hydrogens (tertiary/aromatic N) is 2. The van der Waals surface area contributed by atoms with Crippen LogP contribution in [0.3, 0.4) is 0 Å². The Hall–Kier alpha value is -0.550. The van der Waals surface area contributed by atoms with Gasteiger partial charge in [0.25, 0.3) is 0 Å². The van der Waals surface area contributed by atoms with Crippen molar-refractivity contribution in [2.45, 2.75) is 6.54 Å². The molecule has 1 heterocycles. The maximum Gasteiger partial charge on any atom is 0.0481 e. The van der Waals surface area contributed by atoms with E-state index in [1.54, 1.807) is 0 Å². The third-order valence-corrected chi connectivity index (χ3v) is 3.19. The molecule has 2 aromatic rings. The van der Waals surface area contributed by atoms with Gasteiger partial charge in [-0.1, -0.05) is 0 Å². The molecule has 0 atom stereocenters. The largest absolute Gasteiger partial charge is 0.346 e. The van der Waals surface area contributed by atoms with Crippen LogP contribution in [-0.2, 0) is 6.54 Å². The Balaban J connectivity index is 2.29. The molecule has 0 aliphatic carbocycles. The fourth-order valence-corrected chi connectivity index (χ4v) is 2.19. The van der Waals surface area contributed by atoms with Gasteiger partial charge in [-0.15, -0.1) is 0 Å². The number of halogens is 1. The molecule has 0 radical (unpaired) electrons. The highest BCUT2D eigenvalue weighted by atomic mass is 127. The molecule has 2 nitrogen and oxygen atoms in total. The number of benzene rings is 1. The van der Waals surface area contributed by atoms with Crippen LogP contribution < -0.4 is 0 Å². The normalized spacial score (nSPS) is 11.5. The molecular formula is C12H15IN2. The summed E-state index contributed by atoms with van der Waals surface area (Å²) in [5.41, 5.74) is 1.33. The third-order valence-electron chi connectivity index (χ3n) is 2.52. The molecule has 0 aliphatic heterocycles. The molecule has 0 bridgehead atoms. The van der Waals surface area contributed by atoms with E-state index in [-0.39, 0.29) is 0 Å². The van der Waals surface area contributed by atoms with Crippen LogP contribution in [-0.4, -0.2) is 30.1 Å². The van der Waals surface area contributed by atoms with Gasteiger partial charge in [0.15, 0.2) is 0 Å². The number of hydrogen-bond donors (Lipinski definition) is 0. The zero-order valence-electron chi connectivity index (χ0n) is 9.07. The summed E-state index contributed by atoms with van der Waals surface area (Å²) in [6.45, 7) is 2.13. The first-order chi connectivity index (χ1) is 7.16. The van der Waals surface area contributed by atoms with Gasteiger partial charge in [-0.25, -0.2) is 0 Å². The second kappa shape index (κ2) is 4.53. The highest BCUT2D eigenvalue weighted by Crippen LogP contribution is 2.18.